The molecule has 1 aliphatic heterocycles. The van der Waals surface area contributed by atoms with Crippen LogP contribution in [0.1, 0.15) is 11.3 Å². The van der Waals surface area contributed by atoms with E-state index >= 15 is 0 Å². The summed E-state index contributed by atoms with van der Waals surface area (Å²) in [7, 11) is 0. The van der Waals surface area contributed by atoms with Gasteiger partial charge in [-0.05, 0) is 23.8 Å². The van der Waals surface area contributed by atoms with Crippen molar-refractivity contribution in [1.29, 1.82) is 0 Å². The smallest absolute Gasteiger partial charge is 0.123 e. The fraction of sp³-hybridized carbons (Fsp3) is 0.286. The molecule has 1 aromatic carbocycles. The van der Waals surface area contributed by atoms with Gasteiger partial charge in [-0.2, -0.15) is 10.2 Å². The third-order valence-corrected chi connectivity index (χ3v) is 3.02. The molecule has 4 heteroatoms. The van der Waals surface area contributed by atoms with Gasteiger partial charge in [0.15, 0.2) is 0 Å². The third kappa shape index (κ3) is 2.49. The minimum Gasteiger partial charge on any atom is -0.488 e. The van der Waals surface area contributed by atoms with Crippen LogP contribution in [0.2, 0.25) is 0 Å². The molecule has 4 nitrogen and oxygen atoms in total. The molecule has 0 aliphatic carbocycles. The van der Waals surface area contributed by atoms with Crippen LogP contribution in [0, 0.1) is 0 Å². The lowest BCUT2D eigenvalue weighted by atomic mass is 10.1. The van der Waals surface area contributed by atoms with E-state index in [0.717, 1.165) is 31.0 Å². The molecule has 92 valence electrons. The summed E-state index contributed by atoms with van der Waals surface area (Å²) >= 11 is 0. The Hall–Kier alpha value is -1.94. The Morgan fingerprint density at radius 2 is 2.17 bits per heavy atom. The first-order valence-electron chi connectivity index (χ1n) is 6.14. The Balaban J connectivity index is 1.49. The van der Waals surface area contributed by atoms with Gasteiger partial charge in [0.2, 0.25) is 0 Å². The second-order valence-corrected chi connectivity index (χ2v) is 4.40. The van der Waals surface area contributed by atoms with Crippen LogP contribution in [0.3, 0.4) is 0 Å². The molecule has 1 unspecified atom stereocenters. The Labute approximate surface area is 106 Å². The van der Waals surface area contributed by atoms with Crippen molar-refractivity contribution >= 4 is 0 Å². The van der Waals surface area contributed by atoms with Crippen LogP contribution in [0.25, 0.3) is 0 Å². The molecule has 0 amide bonds. The highest BCUT2D eigenvalue weighted by Crippen LogP contribution is 2.27. The van der Waals surface area contributed by atoms with Crippen molar-refractivity contribution in [3.05, 3.63) is 53.9 Å². The summed E-state index contributed by atoms with van der Waals surface area (Å²) in [5, 5.41) is 11.2. The molecule has 0 fully saturated rings. The topological polar surface area (TPSA) is 47.0 Å². The van der Waals surface area contributed by atoms with Crippen molar-refractivity contribution in [3.8, 4) is 5.75 Å². The first kappa shape index (κ1) is 11.2. The van der Waals surface area contributed by atoms with Gasteiger partial charge in [-0.15, -0.1) is 0 Å². The van der Waals surface area contributed by atoms with Crippen LogP contribution in [0.4, 0.5) is 0 Å². The Bertz CT molecular complexity index is 490. The molecule has 2 heterocycles. The molecule has 1 aromatic heterocycles. The quantitative estimate of drug-likeness (QED) is 0.882. The van der Waals surface area contributed by atoms with Crippen LogP contribution in [-0.4, -0.2) is 22.8 Å². The van der Waals surface area contributed by atoms with Gasteiger partial charge in [-0.25, -0.2) is 0 Å². The SMILES string of the molecule is c1cnnc(CNCC2Cc3ccccc3O2)c1. The number of aromatic nitrogens is 2. The summed E-state index contributed by atoms with van der Waals surface area (Å²) in [6, 6.07) is 12.1. The fourth-order valence-electron chi connectivity index (χ4n) is 2.16. The van der Waals surface area contributed by atoms with Crippen LogP contribution < -0.4 is 10.1 Å². The van der Waals surface area contributed by atoms with Crippen molar-refractivity contribution < 1.29 is 4.74 Å². The van der Waals surface area contributed by atoms with E-state index in [9.17, 15) is 0 Å². The average molecular weight is 241 g/mol. The number of para-hydroxylation sites is 1. The lowest BCUT2D eigenvalue weighted by molar-refractivity contribution is 0.227. The monoisotopic (exact) mass is 241 g/mol. The van der Waals surface area contributed by atoms with E-state index in [1.165, 1.54) is 5.56 Å². The molecule has 1 N–H and O–H groups in total. The summed E-state index contributed by atoms with van der Waals surface area (Å²) in [5.74, 6) is 1.02. The molecule has 2 aromatic rings. The second kappa shape index (κ2) is 5.14. The highest BCUT2D eigenvalue weighted by Gasteiger charge is 2.21. The van der Waals surface area contributed by atoms with Crippen molar-refractivity contribution in [2.24, 2.45) is 0 Å². The van der Waals surface area contributed by atoms with Gasteiger partial charge in [-0.1, -0.05) is 18.2 Å². The summed E-state index contributed by atoms with van der Waals surface area (Å²) < 4.78 is 5.85. The van der Waals surface area contributed by atoms with Crippen LogP contribution in [-0.2, 0) is 13.0 Å². The number of rotatable bonds is 4. The minimum atomic E-state index is 0.221. The predicted octanol–water partition coefficient (Wildman–Crippen LogP) is 1.57. The van der Waals surface area contributed by atoms with Gasteiger partial charge < -0.3 is 10.1 Å². The molecule has 0 bridgehead atoms. The first-order valence-corrected chi connectivity index (χ1v) is 6.14. The van der Waals surface area contributed by atoms with Crippen molar-refractivity contribution in [1.82, 2.24) is 15.5 Å². The zero-order valence-electron chi connectivity index (χ0n) is 10.0. The Kier molecular flexibility index (Phi) is 3.19. The summed E-state index contributed by atoms with van der Waals surface area (Å²) in [4.78, 5) is 0. The minimum absolute atomic E-state index is 0.221. The lowest BCUT2D eigenvalue weighted by Crippen LogP contribution is -2.30. The number of ether oxygens (including phenoxy) is 1. The van der Waals surface area contributed by atoms with E-state index in [1.54, 1.807) is 6.20 Å². The average Bonchev–Trinajstić information content (AvgIpc) is 2.82. The zero-order chi connectivity index (χ0) is 12.2. The number of benzene rings is 1. The molecular weight excluding hydrogens is 226 g/mol. The van der Waals surface area contributed by atoms with Gasteiger partial charge >= 0.3 is 0 Å². The van der Waals surface area contributed by atoms with Crippen LogP contribution in [0.5, 0.6) is 5.75 Å². The van der Waals surface area contributed by atoms with E-state index in [4.69, 9.17) is 4.74 Å². The van der Waals surface area contributed by atoms with Gasteiger partial charge in [0.25, 0.3) is 0 Å². The molecule has 18 heavy (non-hydrogen) atoms. The Morgan fingerprint density at radius 3 is 3.00 bits per heavy atom. The highest BCUT2D eigenvalue weighted by atomic mass is 16.5. The van der Waals surface area contributed by atoms with Crippen LogP contribution >= 0.6 is 0 Å². The molecule has 3 rings (SSSR count). The van der Waals surface area contributed by atoms with Gasteiger partial charge in [0, 0.05) is 25.7 Å². The number of nitrogens with zero attached hydrogens (tertiary/aromatic N) is 2. The van der Waals surface area contributed by atoms with Gasteiger partial charge in [0.05, 0.1) is 5.69 Å². The third-order valence-electron chi connectivity index (χ3n) is 3.02. The van der Waals surface area contributed by atoms with E-state index in [2.05, 4.69) is 27.6 Å². The molecule has 0 spiro atoms. The maximum absolute atomic E-state index is 5.85. The number of fused-ring (bicyclic) bond motifs is 1. The van der Waals surface area contributed by atoms with E-state index in [1.807, 2.05) is 24.3 Å². The number of hydrogen-bond acceptors (Lipinski definition) is 4. The van der Waals surface area contributed by atoms with Crippen molar-refractivity contribution in [2.45, 2.75) is 19.1 Å². The van der Waals surface area contributed by atoms with E-state index < -0.39 is 0 Å². The molecule has 0 saturated carbocycles. The second-order valence-electron chi connectivity index (χ2n) is 4.40. The number of hydrogen-bond donors (Lipinski definition) is 1. The summed E-state index contributed by atoms with van der Waals surface area (Å²) in [6.07, 6.45) is 2.88. The van der Waals surface area contributed by atoms with Crippen LogP contribution in [0.15, 0.2) is 42.6 Å². The summed E-state index contributed by atoms with van der Waals surface area (Å²) in [5.41, 5.74) is 2.25. The molecule has 1 aliphatic rings. The zero-order valence-corrected chi connectivity index (χ0v) is 10.0. The van der Waals surface area contributed by atoms with Gasteiger partial charge in [0.1, 0.15) is 11.9 Å². The molecular formula is C14H15N3O. The molecule has 0 radical (unpaired) electrons. The highest BCUT2D eigenvalue weighted by molar-refractivity contribution is 5.37. The predicted molar refractivity (Wildman–Crippen MR) is 68.3 cm³/mol. The van der Waals surface area contributed by atoms with E-state index in [-0.39, 0.29) is 6.10 Å². The van der Waals surface area contributed by atoms with Gasteiger partial charge in [-0.3, -0.25) is 0 Å². The molecule has 1 atom stereocenters. The van der Waals surface area contributed by atoms with E-state index in [0.29, 0.717) is 0 Å². The fourth-order valence-corrected chi connectivity index (χ4v) is 2.16. The Morgan fingerprint density at radius 1 is 1.22 bits per heavy atom. The molecule has 0 saturated heterocycles. The van der Waals surface area contributed by atoms with Crippen molar-refractivity contribution in [2.75, 3.05) is 6.54 Å². The normalized spacial score (nSPS) is 17.2. The van der Waals surface area contributed by atoms with Crippen molar-refractivity contribution in [3.63, 3.8) is 0 Å². The maximum Gasteiger partial charge on any atom is 0.123 e. The maximum atomic E-state index is 5.85. The largest absolute Gasteiger partial charge is 0.488 e. The summed E-state index contributed by atoms with van der Waals surface area (Å²) in [6.45, 7) is 1.55. The first-order chi connectivity index (χ1) is 8.92. The standard InChI is InChI=1S/C14H15N3O/c1-2-6-14-11(4-1)8-13(18-14)10-15-9-12-5-3-7-16-17-12/h1-7,13,15H,8-10H2. The number of nitrogens with one attached hydrogen (secondary N) is 1. The lowest BCUT2D eigenvalue weighted by Gasteiger charge is -2.11.